The van der Waals surface area contributed by atoms with Gasteiger partial charge >= 0.3 is 0 Å². The van der Waals surface area contributed by atoms with Crippen LogP contribution in [0.15, 0.2) is 18.2 Å². The van der Waals surface area contributed by atoms with Crippen molar-refractivity contribution in [3.8, 4) is 0 Å². The molecule has 2 nitrogen and oxygen atoms in total. The van der Waals surface area contributed by atoms with Gasteiger partial charge in [0.2, 0.25) is 0 Å². The number of fused-ring (bicyclic) bond motifs is 1. The molecular weight excluding hydrogens is 228 g/mol. The van der Waals surface area contributed by atoms with Crippen LogP contribution in [-0.4, -0.2) is 11.5 Å². The molecule has 1 aliphatic rings. The Morgan fingerprint density at radius 3 is 2.94 bits per heavy atom. The molecule has 1 aromatic heterocycles. The molecule has 0 saturated heterocycles. The van der Waals surface area contributed by atoms with Crippen LogP contribution in [0.25, 0.3) is 10.2 Å². The second-order valence-corrected chi connectivity index (χ2v) is 6.00. The van der Waals surface area contributed by atoms with Gasteiger partial charge in [-0.2, -0.15) is 0 Å². The van der Waals surface area contributed by atoms with E-state index in [0.717, 1.165) is 23.1 Å². The van der Waals surface area contributed by atoms with E-state index in [1.54, 1.807) is 11.3 Å². The smallest absolute Gasteiger partial charge is 0.183 e. The Morgan fingerprint density at radius 1 is 1.35 bits per heavy atom. The minimum absolute atomic E-state index is 0.864. The first-order chi connectivity index (χ1) is 8.33. The zero-order valence-electron chi connectivity index (χ0n) is 10.2. The Morgan fingerprint density at radius 2 is 2.18 bits per heavy atom. The Balaban J connectivity index is 1.74. The number of aromatic nitrogens is 1. The summed E-state index contributed by atoms with van der Waals surface area (Å²) >= 11 is 1.77. The summed E-state index contributed by atoms with van der Waals surface area (Å²) in [5.74, 6) is 0.864. The second-order valence-electron chi connectivity index (χ2n) is 4.97. The Hall–Kier alpha value is -1.09. The van der Waals surface area contributed by atoms with Crippen LogP contribution in [-0.2, 0) is 0 Å². The molecule has 0 amide bonds. The summed E-state index contributed by atoms with van der Waals surface area (Å²) in [6.45, 7) is 3.22. The quantitative estimate of drug-likeness (QED) is 0.877. The lowest BCUT2D eigenvalue weighted by Gasteiger charge is -2.08. The van der Waals surface area contributed by atoms with Gasteiger partial charge in [-0.05, 0) is 37.3 Å². The van der Waals surface area contributed by atoms with E-state index in [9.17, 15) is 0 Å². The van der Waals surface area contributed by atoms with E-state index in [-0.39, 0.29) is 0 Å². The highest BCUT2D eigenvalue weighted by molar-refractivity contribution is 7.22. The van der Waals surface area contributed by atoms with Gasteiger partial charge < -0.3 is 5.32 Å². The lowest BCUT2D eigenvalue weighted by molar-refractivity contribution is 0.580. The van der Waals surface area contributed by atoms with Crippen LogP contribution in [0, 0.1) is 12.8 Å². The van der Waals surface area contributed by atoms with E-state index in [1.807, 2.05) is 0 Å². The third-order valence-corrected chi connectivity index (χ3v) is 4.62. The molecule has 3 rings (SSSR count). The van der Waals surface area contributed by atoms with Gasteiger partial charge in [0, 0.05) is 6.54 Å². The second kappa shape index (κ2) is 4.65. The molecule has 3 heteroatoms. The molecule has 1 N–H and O–H groups in total. The summed E-state index contributed by atoms with van der Waals surface area (Å²) in [5, 5.41) is 4.60. The van der Waals surface area contributed by atoms with Gasteiger partial charge in [0.1, 0.15) is 0 Å². The van der Waals surface area contributed by atoms with Gasteiger partial charge in [0.25, 0.3) is 0 Å². The Kier molecular flexibility index (Phi) is 3.02. The number of aryl methyl sites for hydroxylation is 1. The van der Waals surface area contributed by atoms with Crippen molar-refractivity contribution < 1.29 is 0 Å². The molecular formula is C14H18N2S. The lowest BCUT2D eigenvalue weighted by Crippen LogP contribution is -2.10. The van der Waals surface area contributed by atoms with Crippen LogP contribution >= 0.6 is 11.3 Å². The van der Waals surface area contributed by atoms with Crippen molar-refractivity contribution in [2.24, 2.45) is 5.92 Å². The SMILES string of the molecule is Cc1cccc2sc(NCC3CCCC3)nc12. The zero-order chi connectivity index (χ0) is 11.7. The summed E-state index contributed by atoms with van der Waals surface area (Å²) in [4.78, 5) is 4.68. The maximum absolute atomic E-state index is 4.68. The average molecular weight is 246 g/mol. The van der Waals surface area contributed by atoms with Gasteiger partial charge in [-0.25, -0.2) is 4.98 Å². The van der Waals surface area contributed by atoms with Gasteiger partial charge in [-0.3, -0.25) is 0 Å². The first-order valence-corrected chi connectivity index (χ1v) is 7.24. The van der Waals surface area contributed by atoms with E-state index in [2.05, 4.69) is 35.4 Å². The highest BCUT2D eigenvalue weighted by Crippen LogP contribution is 2.29. The highest BCUT2D eigenvalue weighted by atomic mass is 32.1. The van der Waals surface area contributed by atoms with Crippen LogP contribution in [0.4, 0.5) is 5.13 Å². The van der Waals surface area contributed by atoms with Crippen molar-refractivity contribution in [1.82, 2.24) is 4.98 Å². The molecule has 17 heavy (non-hydrogen) atoms. The van der Waals surface area contributed by atoms with Crippen LogP contribution < -0.4 is 5.32 Å². The molecule has 1 heterocycles. The third kappa shape index (κ3) is 2.29. The van der Waals surface area contributed by atoms with E-state index < -0.39 is 0 Å². The molecule has 0 atom stereocenters. The molecule has 1 aliphatic carbocycles. The summed E-state index contributed by atoms with van der Waals surface area (Å²) in [7, 11) is 0. The number of benzene rings is 1. The molecule has 0 aliphatic heterocycles. The number of rotatable bonds is 3. The van der Waals surface area contributed by atoms with Crippen LogP contribution in [0.5, 0.6) is 0 Å². The van der Waals surface area contributed by atoms with Crippen molar-refractivity contribution >= 4 is 26.7 Å². The molecule has 0 radical (unpaired) electrons. The molecule has 0 spiro atoms. The van der Waals surface area contributed by atoms with Crippen molar-refractivity contribution in [2.45, 2.75) is 32.6 Å². The van der Waals surface area contributed by atoms with E-state index in [4.69, 9.17) is 0 Å². The minimum Gasteiger partial charge on any atom is -0.361 e. The maximum Gasteiger partial charge on any atom is 0.183 e. The summed E-state index contributed by atoms with van der Waals surface area (Å²) in [6, 6.07) is 6.39. The number of nitrogens with one attached hydrogen (secondary N) is 1. The van der Waals surface area contributed by atoms with Gasteiger partial charge in [-0.1, -0.05) is 36.3 Å². The minimum atomic E-state index is 0.864. The van der Waals surface area contributed by atoms with E-state index in [1.165, 1.54) is 35.9 Å². The molecule has 1 aromatic carbocycles. The van der Waals surface area contributed by atoms with Gasteiger partial charge in [0.15, 0.2) is 5.13 Å². The number of hydrogen-bond donors (Lipinski definition) is 1. The topological polar surface area (TPSA) is 24.9 Å². The fourth-order valence-electron chi connectivity index (χ4n) is 2.61. The average Bonchev–Trinajstić information content (AvgIpc) is 2.95. The summed E-state index contributed by atoms with van der Waals surface area (Å²) in [6.07, 6.45) is 5.59. The molecule has 1 fully saturated rings. The van der Waals surface area contributed by atoms with Crippen molar-refractivity contribution in [3.05, 3.63) is 23.8 Å². The first kappa shape index (κ1) is 11.0. The van der Waals surface area contributed by atoms with Crippen LogP contribution in [0.2, 0.25) is 0 Å². The monoisotopic (exact) mass is 246 g/mol. The molecule has 0 unspecified atom stereocenters. The first-order valence-electron chi connectivity index (χ1n) is 6.43. The Bertz CT molecular complexity index is 512. The normalized spacial score (nSPS) is 16.8. The fraction of sp³-hybridized carbons (Fsp3) is 0.500. The summed E-state index contributed by atoms with van der Waals surface area (Å²) < 4.78 is 1.29. The largest absolute Gasteiger partial charge is 0.361 e. The van der Waals surface area contributed by atoms with Gasteiger partial charge in [0.05, 0.1) is 10.2 Å². The standard InChI is InChI=1S/C14H18N2S/c1-10-5-4-8-12-13(10)16-14(17-12)15-9-11-6-2-3-7-11/h4-5,8,11H,2-3,6-7,9H2,1H3,(H,15,16). The predicted octanol–water partition coefficient (Wildman–Crippen LogP) is 4.21. The van der Waals surface area contributed by atoms with Crippen LogP contribution in [0.1, 0.15) is 31.2 Å². The number of hydrogen-bond acceptors (Lipinski definition) is 3. The molecule has 90 valence electrons. The summed E-state index contributed by atoms with van der Waals surface area (Å²) in [5.41, 5.74) is 2.43. The lowest BCUT2D eigenvalue weighted by atomic mass is 10.1. The number of nitrogens with zero attached hydrogens (tertiary/aromatic N) is 1. The predicted molar refractivity (Wildman–Crippen MR) is 74.8 cm³/mol. The molecule has 0 bridgehead atoms. The molecule has 1 saturated carbocycles. The fourth-order valence-corrected chi connectivity index (χ4v) is 3.56. The number of para-hydroxylation sites is 1. The van der Waals surface area contributed by atoms with E-state index in [0.29, 0.717) is 0 Å². The number of anilines is 1. The maximum atomic E-state index is 4.68. The van der Waals surface area contributed by atoms with Crippen molar-refractivity contribution in [1.29, 1.82) is 0 Å². The Labute approximate surface area is 106 Å². The highest BCUT2D eigenvalue weighted by Gasteiger charge is 2.15. The van der Waals surface area contributed by atoms with Crippen molar-refractivity contribution in [3.63, 3.8) is 0 Å². The van der Waals surface area contributed by atoms with Crippen LogP contribution in [0.3, 0.4) is 0 Å². The number of thiazole rings is 1. The zero-order valence-corrected chi connectivity index (χ0v) is 11.0. The molecule has 2 aromatic rings. The van der Waals surface area contributed by atoms with E-state index >= 15 is 0 Å². The van der Waals surface area contributed by atoms with Crippen molar-refractivity contribution in [2.75, 3.05) is 11.9 Å². The third-order valence-electron chi connectivity index (χ3n) is 3.64. The van der Waals surface area contributed by atoms with Gasteiger partial charge in [-0.15, -0.1) is 0 Å².